The molecule has 2 heterocycles. The van der Waals surface area contributed by atoms with Crippen LogP contribution in [0, 0.1) is 0 Å². The van der Waals surface area contributed by atoms with E-state index in [4.69, 9.17) is 15.3 Å². The first kappa shape index (κ1) is 24.3. The largest absolute Gasteiger partial charge is 0.508 e. The number of hydrogen-bond acceptors (Lipinski definition) is 8. The van der Waals surface area contributed by atoms with E-state index in [2.05, 4.69) is 5.16 Å². The first-order valence-electron chi connectivity index (χ1n) is 11.2. The molecule has 0 aliphatic carbocycles. The second-order valence-corrected chi connectivity index (χ2v) is 8.13. The van der Waals surface area contributed by atoms with E-state index in [1.54, 1.807) is 11.0 Å². The first-order chi connectivity index (χ1) is 15.9. The van der Waals surface area contributed by atoms with Crippen molar-refractivity contribution in [3.63, 3.8) is 0 Å². The van der Waals surface area contributed by atoms with Crippen molar-refractivity contribution in [1.29, 1.82) is 0 Å². The first-order valence-corrected chi connectivity index (χ1v) is 11.2. The Hall–Kier alpha value is -3.33. The van der Waals surface area contributed by atoms with Crippen molar-refractivity contribution in [2.75, 3.05) is 26.3 Å². The Morgan fingerprint density at radius 1 is 1.21 bits per heavy atom. The summed E-state index contributed by atoms with van der Waals surface area (Å²) in [6.45, 7) is 1.37. The van der Waals surface area contributed by atoms with Crippen LogP contribution in [0.5, 0.6) is 11.5 Å². The highest BCUT2D eigenvalue weighted by atomic mass is 16.6. The highest BCUT2D eigenvalue weighted by Gasteiger charge is 2.21. The highest BCUT2D eigenvalue weighted by molar-refractivity contribution is 6.00. The number of carbonyl (C=O) groups excluding carboxylic acids is 2. The minimum atomic E-state index is -0.707. The number of carbonyl (C=O) groups is 2. The minimum Gasteiger partial charge on any atom is -0.508 e. The van der Waals surface area contributed by atoms with Gasteiger partial charge in [0.15, 0.2) is 6.61 Å². The maximum Gasteiger partial charge on any atom is 0.342 e. The van der Waals surface area contributed by atoms with Crippen LogP contribution in [0.3, 0.4) is 0 Å². The predicted octanol–water partition coefficient (Wildman–Crippen LogP) is 2.42. The van der Waals surface area contributed by atoms with Crippen LogP contribution < -0.4 is 5.73 Å². The van der Waals surface area contributed by atoms with Crippen molar-refractivity contribution in [2.24, 2.45) is 10.9 Å². The third-order valence-electron chi connectivity index (χ3n) is 5.46. The van der Waals surface area contributed by atoms with E-state index >= 15 is 0 Å². The van der Waals surface area contributed by atoms with Crippen molar-refractivity contribution >= 4 is 17.6 Å². The van der Waals surface area contributed by atoms with E-state index in [1.807, 2.05) is 18.2 Å². The summed E-state index contributed by atoms with van der Waals surface area (Å²) in [7, 11) is 0. The molecule has 1 aromatic carbocycles. The SMILES string of the molecule is NC1/C=C/CCOC(=O)c2c(O)cc(O)cc2CC(=N\OCC(=O)N2CCCCC2)/C=C/C1. The Bertz CT molecular complexity index is 934. The normalized spacial score (nSPS) is 23.2. The zero-order valence-electron chi connectivity index (χ0n) is 18.6. The number of fused-ring (bicyclic) bond motifs is 1. The number of piperidine rings is 1. The molecule has 1 fully saturated rings. The number of aromatic hydroxyl groups is 2. The van der Waals surface area contributed by atoms with Crippen LogP contribution in [0.4, 0.5) is 0 Å². The molecule has 0 bridgehead atoms. The Kier molecular flexibility index (Phi) is 8.88. The molecule has 3 rings (SSSR count). The van der Waals surface area contributed by atoms with Crippen molar-refractivity contribution in [3.05, 3.63) is 47.6 Å². The number of benzene rings is 1. The summed E-state index contributed by atoms with van der Waals surface area (Å²) in [5.41, 5.74) is 6.74. The molecule has 0 aromatic heterocycles. The number of nitrogens with two attached hydrogens (primary N) is 1. The lowest BCUT2D eigenvalue weighted by Crippen LogP contribution is -2.37. The lowest BCUT2D eigenvalue weighted by molar-refractivity contribution is -0.137. The highest BCUT2D eigenvalue weighted by Crippen LogP contribution is 2.29. The molecule has 0 radical (unpaired) electrons. The summed E-state index contributed by atoms with van der Waals surface area (Å²) < 4.78 is 5.27. The summed E-state index contributed by atoms with van der Waals surface area (Å²) in [5.74, 6) is -1.42. The molecule has 1 amide bonds. The van der Waals surface area contributed by atoms with Gasteiger partial charge in [0, 0.05) is 31.6 Å². The van der Waals surface area contributed by atoms with Crippen LogP contribution in [0.1, 0.15) is 48.0 Å². The van der Waals surface area contributed by atoms with Gasteiger partial charge in [0.05, 0.1) is 12.3 Å². The summed E-state index contributed by atoms with van der Waals surface area (Å²) in [4.78, 5) is 32.1. The number of oxime groups is 1. The molecular weight excluding hydrogens is 426 g/mol. The van der Waals surface area contributed by atoms with Crippen molar-refractivity contribution in [1.82, 2.24) is 4.90 Å². The fraction of sp³-hybridized carbons (Fsp3) is 0.458. The minimum absolute atomic E-state index is 0.0453. The quantitative estimate of drug-likeness (QED) is 0.360. The number of hydrogen-bond donors (Lipinski definition) is 3. The predicted molar refractivity (Wildman–Crippen MR) is 123 cm³/mol. The Morgan fingerprint density at radius 3 is 2.79 bits per heavy atom. The molecule has 2 aliphatic heterocycles. The molecule has 1 unspecified atom stereocenters. The Labute approximate surface area is 193 Å². The van der Waals surface area contributed by atoms with Crippen LogP contribution in [-0.4, -0.2) is 65.0 Å². The van der Waals surface area contributed by atoms with E-state index in [1.165, 1.54) is 6.07 Å². The van der Waals surface area contributed by atoms with Gasteiger partial charge in [0.2, 0.25) is 0 Å². The van der Waals surface area contributed by atoms with Gasteiger partial charge in [0.25, 0.3) is 5.91 Å². The van der Waals surface area contributed by atoms with Crippen molar-refractivity contribution in [2.45, 2.75) is 44.6 Å². The standard InChI is InChI=1S/C24H31N3O6/c25-18-7-2-5-12-32-24(31)23-17(14-20(28)15-21(23)29)13-19(9-6-8-18)26-33-16-22(30)27-10-3-1-4-11-27/h2,6-7,9,14-15,18,28-29H,1,3-5,8,10-13,16,25H2/b7-2+,9-6+,26-19-. The zero-order chi connectivity index (χ0) is 23.6. The molecule has 2 aliphatic rings. The molecule has 9 nitrogen and oxygen atoms in total. The van der Waals surface area contributed by atoms with Crippen LogP contribution in [-0.2, 0) is 20.8 Å². The fourth-order valence-corrected chi connectivity index (χ4v) is 3.77. The second-order valence-electron chi connectivity index (χ2n) is 8.13. The average Bonchev–Trinajstić information content (AvgIpc) is 2.78. The molecule has 178 valence electrons. The molecule has 1 saturated heterocycles. The summed E-state index contributed by atoms with van der Waals surface area (Å²) >= 11 is 0. The van der Waals surface area contributed by atoms with Crippen molar-refractivity contribution in [3.8, 4) is 11.5 Å². The van der Waals surface area contributed by atoms with Gasteiger partial charge in [-0.3, -0.25) is 4.79 Å². The molecule has 33 heavy (non-hydrogen) atoms. The van der Waals surface area contributed by atoms with Gasteiger partial charge in [-0.1, -0.05) is 23.4 Å². The number of cyclic esters (lactones) is 1. The van der Waals surface area contributed by atoms with E-state index in [0.717, 1.165) is 38.4 Å². The van der Waals surface area contributed by atoms with Crippen LogP contribution in [0.15, 0.2) is 41.6 Å². The molecule has 0 saturated carbocycles. The van der Waals surface area contributed by atoms with Gasteiger partial charge >= 0.3 is 5.97 Å². The van der Waals surface area contributed by atoms with Crippen molar-refractivity contribution < 1.29 is 29.4 Å². The third kappa shape index (κ3) is 7.35. The van der Waals surface area contributed by atoms with E-state index < -0.39 is 5.97 Å². The monoisotopic (exact) mass is 457 g/mol. The van der Waals surface area contributed by atoms with Gasteiger partial charge in [-0.05, 0) is 49.8 Å². The molecule has 1 aromatic rings. The van der Waals surface area contributed by atoms with E-state index in [9.17, 15) is 19.8 Å². The number of ether oxygens (including phenoxy) is 1. The Balaban J connectivity index is 1.83. The topological polar surface area (TPSA) is 135 Å². The number of allylic oxidation sites excluding steroid dienone is 1. The van der Waals surface area contributed by atoms with Crippen LogP contribution in [0.25, 0.3) is 0 Å². The van der Waals surface area contributed by atoms with Crippen LogP contribution in [0.2, 0.25) is 0 Å². The average molecular weight is 458 g/mol. The number of amides is 1. The van der Waals surface area contributed by atoms with E-state index in [0.29, 0.717) is 24.1 Å². The van der Waals surface area contributed by atoms with Gasteiger partial charge < -0.3 is 30.4 Å². The van der Waals surface area contributed by atoms with E-state index in [-0.39, 0.29) is 48.6 Å². The van der Waals surface area contributed by atoms with Crippen LogP contribution >= 0.6 is 0 Å². The maximum absolute atomic E-state index is 12.6. The molecule has 1 atom stereocenters. The lowest BCUT2D eigenvalue weighted by atomic mass is 9.99. The molecular formula is C24H31N3O6. The number of esters is 1. The fourth-order valence-electron chi connectivity index (χ4n) is 3.77. The number of nitrogens with zero attached hydrogens (tertiary/aromatic N) is 2. The zero-order valence-corrected chi connectivity index (χ0v) is 18.6. The second kappa shape index (κ2) is 12.1. The number of phenolic OH excluding ortho intramolecular Hbond substituents is 2. The number of rotatable bonds is 3. The molecule has 9 heteroatoms. The third-order valence-corrected chi connectivity index (χ3v) is 5.46. The van der Waals surface area contributed by atoms with Gasteiger partial charge in [-0.25, -0.2) is 4.79 Å². The molecule has 4 N–H and O–H groups in total. The van der Waals surface area contributed by atoms with Gasteiger partial charge in [-0.2, -0.15) is 0 Å². The van der Waals surface area contributed by atoms with Gasteiger partial charge in [0.1, 0.15) is 17.1 Å². The number of phenols is 2. The summed E-state index contributed by atoms with van der Waals surface area (Å²) in [5, 5.41) is 24.4. The number of likely N-dealkylation sites (tertiary alicyclic amines) is 1. The smallest absolute Gasteiger partial charge is 0.342 e. The molecule has 0 spiro atoms. The lowest BCUT2D eigenvalue weighted by Gasteiger charge is -2.26. The summed E-state index contributed by atoms with van der Waals surface area (Å²) in [6, 6.07) is 2.24. The van der Waals surface area contributed by atoms with Gasteiger partial charge in [-0.15, -0.1) is 0 Å². The Morgan fingerprint density at radius 2 is 2.00 bits per heavy atom. The summed E-state index contributed by atoms with van der Waals surface area (Å²) in [6.07, 6.45) is 11.4. The maximum atomic E-state index is 12.6.